The fourth-order valence-electron chi connectivity index (χ4n) is 2.88. The first-order chi connectivity index (χ1) is 11.1. The molecule has 0 saturated carbocycles. The summed E-state index contributed by atoms with van der Waals surface area (Å²) < 4.78 is 10.9. The van der Waals surface area contributed by atoms with Gasteiger partial charge in [-0.15, -0.1) is 0 Å². The van der Waals surface area contributed by atoms with Crippen LogP contribution < -0.4 is 4.74 Å². The second-order valence-electron chi connectivity index (χ2n) is 5.87. The van der Waals surface area contributed by atoms with E-state index in [1.54, 1.807) is 13.2 Å². The molecule has 6 nitrogen and oxygen atoms in total. The molecule has 1 fully saturated rings. The number of aromatic nitrogens is 2. The largest absolute Gasteiger partial charge is 0.497 e. The van der Waals surface area contributed by atoms with Gasteiger partial charge in [-0.3, -0.25) is 9.89 Å². The van der Waals surface area contributed by atoms with E-state index in [9.17, 15) is 4.79 Å². The molecule has 1 amide bonds. The number of benzene rings is 1. The van der Waals surface area contributed by atoms with E-state index >= 15 is 0 Å². The van der Waals surface area contributed by atoms with Crippen LogP contribution in [-0.2, 0) is 4.74 Å². The molecule has 2 atom stereocenters. The number of carbonyl (C=O) groups is 1. The molecule has 0 spiro atoms. The predicted octanol–water partition coefficient (Wildman–Crippen LogP) is 2.33. The Morgan fingerprint density at radius 2 is 2.04 bits per heavy atom. The van der Waals surface area contributed by atoms with Gasteiger partial charge < -0.3 is 14.4 Å². The topological polar surface area (TPSA) is 67.4 Å². The van der Waals surface area contributed by atoms with E-state index in [-0.39, 0.29) is 18.1 Å². The van der Waals surface area contributed by atoms with Crippen LogP contribution in [0.15, 0.2) is 30.3 Å². The van der Waals surface area contributed by atoms with E-state index in [1.807, 2.05) is 43.0 Å². The SMILES string of the molecule is COc1cccc(-c2cc(C(=O)N3C[C@@H](C)O[C@@H](C)C3)[nH]n2)c1. The lowest BCUT2D eigenvalue weighted by molar-refractivity contribution is -0.0587. The smallest absolute Gasteiger partial charge is 0.272 e. The van der Waals surface area contributed by atoms with E-state index in [4.69, 9.17) is 9.47 Å². The number of hydrogen-bond donors (Lipinski definition) is 1. The van der Waals surface area contributed by atoms with Crippen LogP contribution in [0.4, 0.5) is 0 Å². The molecule has 0 radical (unpaired) electrons. The Bertz CT molecular complexity index is 688. The van der Waals surface area contributed by atoms with Crippen molar-refractivity contribution in [2.24, 2.45) is 0 Å². The van der Waals surface area contributed by atoms with Crippen molar-refractivity contribution >= 4 is 5.91 Å². The average Bonchev–Trinajstić information content (AvgIpc) is 3.03. The first kappa shape index (κ1) is 15.6. The third-order valence-corrected chi connectivity index (χ3v) is 3.88. The molecule has 2 aromatic rings. The zero-order chi connectivity index (χ0) is 16.4. The highest BCUT2D eigenvalue weighted by molar-refractivity contribution is 5.93. The van der Waals surface area contributed by atoms with Gasteiger partial charge in [0.05, 0.1) is 25.0 Å². The number of morpholine rings is 1. The zero-order valence-corrected chi connectivity index (χ0v) is 13.6. The molecule has 1 aromatic carbocycles. The van der Waals surface area contributed by atoms with Crippen LogP contribution >= 0.6 is 0 Å². The minimum absolute atomic E-state index is 0.0449. The number of rotatable bonds is 3. The van der Waals surface area contributed by atoms with Crippen molar-refractivity contribution in [1.82, 2.24) is 15.1 Å². The normalized spacial score (nSPS) is 21.3. The number of nitrogens with one attached hydrogen (secondary N) is 1. The third kappa shape index (κ3) is 3.37. The first-order valence-corrected chi connectivity index (χ1v) is 7.71. The molecule has 0 aliphatic carbocycles. The Hall–Kier alpha value is -2.34. The molecule has 1 aliphatic rings. The number of hydrogen-bond acceptors (Lipinski definition) is 4. The van der Waals surface area contributed by atoms with Crippen molar-refractivity contribution < 1.29 is 14.3 Å². The zero-order valence-electron chi connectivity index (χ0n) is 13.6. The summed E-state index contributed by atoms with van der Waals surface area (Å²) in [6, 6.07) is 9.38. The molecule has 1 N–H and O–H groups in total. The van der Waals surface area contributed by atoms with Gasteiger partial charge in [0.25, 0.3) is 5.91 Å². The van der Waals surface area contributed by atoms with E-state index in [2.05, 4.69) is 10.2 Å². The number of ether oxygens (including phenoxy) is 2. The summed E-state index contributed by atoms with van der Waals surface area (Å²) in [5.41, 5.74) is 2.12. The molecule has 6 heteroatoms. The van der Waals surface area contributed by atoms with Gasteiger partial charge in [-0.1, -0.05) is 12.1 Å². The average molecular weight is 315 g/mol. The molecule has 23 heavy (non-hydrogen) atoms. The second-order valence-corrected chi connectivity index (χ2v) is 5.87. The van der Waals surface area contributed by atoms with Crippen LogP contribution in [0.25, 0.3) is 11.3 Å². The van der Waals surface area contributed by atoms with Gasteiger partial charge in [0.15, 0.2) is 0 Å². The highest BCUT2D eigenvalue weighted by Crippen LogP contribution is 2.23. The number of amides is 1. The predicted molar refractivity (Wildman–Crippen MR) is 86.5 cm³/mol. The molecular weight excluding hydrogens is 294 g/mol. The standard InChI is InChI=1S/C17H21N3O3/c1-11-9-20(10-12(2)23-11)17(21)16-8-15(18-19-16)13-5-4-6-14(7-13)22-3/h4-8,11-12H,9-10H2,1-3H3,(H,18,19)/t11-,12+. The fraction of sp³-hybridized carbons (Fsp3) is 0.412. The molecule has 0 unspecified atom stereocenters. The number of nitrogens with zero attached hydrogens (tertiary/aromatic N) is 2. The first-order valence-electron chi connectivity index (χ1n) is 7.71. The molecule has 1 aliphatic heterocycles. The van der Waals surface area contributed by atoms with E-state index in [1.165, 1.54) is 0 Å². The lowest BCUT2D eigenvalue weighted by Crippen LogP contribution is -2.48. The van der Waals surface area contributed by atoms with Crippen LogP contribution in [0.5, 0.6) is 5.75 Å². The lowest BCUT2D eigenvalue weighted by atomic mass is 10.1. The van der Waals surface area contributed by atoms with Crippen LogP contribution in [0.2, 0.25) is 0 Å². The van der Waals surface area contributed by atoms with Gasteiger partial charge in [0.1, 0.15) is 11.4 Å². The lowest BCUT2D eigenvalue weighted by Gasteiger charge is -2.34. The highest BCUT2D eigenvalue weighted by atomic mass is 16.5. The van der Waals surface area contributed by atoms with E-state index in [0.717, 1.165) is 17.0 Å². The summed E-state index contributed by atoms with van der Waals surface area (Å²) in [6.45, 7) is 5.14. The Balaban J connectivity index is 1.79. The van der Waals surface area contributed by atoms with E-state index < -0.39 is 0 Å². The van der Waals surface area contributed by atoms with Crippen LogP contribution in [0.1, 0.15) is 24.3 Å². The number of methoxy groups -OCH3 is 1. The van der Waals surface area contributed by atoms with Crippen molar-refractivity contribution in [2.45, 2.75) is 26.1 Å². The summed E-state index contributed by atoms with van der Waals surface area (Å²) in [5.74, 6) is 0.711. The third-order valence-electron chi connectivity index (χ3n) is 3.88. The molecule has 1 saturated heterocycles. The Morgan fingerprint density at radius 3 is 2.74 bits per heavy atom. The van der Waals surface area contributed by atoms with Crippen LogP contribution in [-0.4, -0.2) is 53.4 Å². The maximum Gasteiger partial charge on any atom is 0.272 e. The summed E-state index contributed by atoms with van der Waals surface area (Å²) >= 11 is 0. The maximum atomic E-state index is 12.6. The van der Waals surface area contributed by atoms with Gasteiger partial charge in [-0.05, 0) is 32.0 Å². The molecule has 0 bridgehead atoms. The van der Waals surface area contributed by atoms with Gasteiger partial charge in [0.2, 0.25) is 0 Å². The van der Waals surface area contributed by atoms with Gasteiger partial charge in [-0.25, -0.2) is 0 Å². The molecule has 3 rings (SSSR count). The van der Waals surface area contributed by atoms with Gasteiger partial charge >= 0.3 is 0 Å². The molecule has 122 valence electrons. The summed E-state index contributed by atoms with van der Waals surface area (Å²) in [7, 11) is 1.62. The Morgan fingerprint density at radius 1 is 1.30 bits per heavy atom. The minimum atomic E-state index is -0.0475. The van der Waals surface area contributed by atoms with Crippen molar-refractivity contribution in [1.29, 1.82) is 0 Å². The fourth-order valence-corrected chi connectivity index (χ4v) is 2.88. The maximum absolute atomic E-state index is 12.6. The van der Waals surface area contributed by atoms with Gasteiger partial charge in [0, 0.05) is 18.7 Å². The van der Waals surface area contributed by atoms with Crippen molar-refractivity contribution in [2.75, 3.05) is 20.2 Å². The minimum Gasteiger partial charge on any atom is -0.497 e. The van der Waals surface area contributed by atoms with Gasteiger partial charge in [-0.2, -0.15) is 5.10 Å². The Kier molecular flexibility index (Phi) is 4.34. The van der Waals surface area contributed by atoms with Crippen molar-refractivity contribution in [3.63, 3.8) is 0 Å². The van der Waals surface area contributed by atoms with Crippen molar-refractivity contribution in [3.8, 4) is 17.0 Å². The van der Waals surface area contributed by atoms with Crippen LogP contribution in [0, 0.1) is 0 Å². The number of H-pyrrole nitrogens is 1. The summed E-state index contributed by atoms with van der Waals surface area (Å²) in [5, 5.41) is 7.10. The molecule has 1 aromatic heterocycles. The second kappa shape index (κ2) is 6.42. The Labute approximate surface area is 135 Å². The van der Waals surface area contributed by atoms with Crippen molar-refractivity contribution in [3.05, 3.63) is 36.0 Å². The monoisotopic (exact) mass is 315 g/mol. The van der Waals surface area contributed by atoms with E-state index in [0.29, 0.717) is 18.8 Å². The van der Waals surface area contributed by atoms with Crippen LogP contribution in [0.3, 0.4) is 0 Å². The highest BCUT2D eigenvalue weighted by Gasteiger charge is 2.27. The molecule has 2 heterocycles. The molecular formula is C17H21N3O3. The summed E-state index contributed by atoms with van der Waals surface area (Å²) in [4.78, 5) is 14.4. The number of aromatic amines is 1. The number of carbonyl (C=O) groups excluding carboxylic acids is 1. The summed E-state index contributed by atoms with van der Waals surface area (Å²) in [6.07, 6.45) is 0.0898. The quantitative estimate of drug-likeness (QED) is 0.944.